The van der Waals surface area contributed by atoms with Crippen LogP contribution in [0.4, 0.5) is 0 Å². The molecule has 128 valence electrons. The van der Waals surface area contributed by atoms with E-state index in [4.69, 9.17) is 9.72 Å². The topological polar surface area (TPSA) is 59.4 Å². The third-order valence-corrected chi connectivity index (χ3v) is 4.92. The van der Waals surface area contributed by atoms with Crippen molar-refractivity contribution in [3.8, 4) is 0 Å². The van der Waals surface area contributed by atoms with Gasteiger partial charge in [0, 0.05) is 38.3 Å². The van der Waals surface area contributed by atoms with Crippen molar-refractivity contribution in [1.29, 1.82) is 0 Å². The Morgan fingerprint density at radius 1 is 1.42 bits per heavy atom. The molecule has 0 radical (unpaired) electrons. The molecule has 1 aromatic heterocycles. The molecule has 0 aliphatic carbocycles. The van der Waals surface area contributed by atoms with E-state index in [0.717, 1.165) is 49.6 Å². The number of nitrogens with zero attached hydrogens (tertiary/aromatic N) is 3. The molecule has 1 saturated heterocycles. The van der Waals surface area contributed by atoms with E-state index in [2.05, 4.69) is 14.8 Å². The predicted molar refractivity (Wildman–Crippen MR) is 92.0 cm³/mol. The van der Waals surface area contributed by atoms with Crippen LogP contribution in [0.25, 0.3) is 11.0 Å². The number of rotatable bonds is 4. The minimum atomic E-state index is -0.0367. The lowest BCUT2D eigenvalue weighted by atomic mass is 10.2. The second kappa shape index (κ2) is 6.53. The molecule has 24 heavy (non-hydrogen) atoms. The van der Waals surface area contributed by atoms with E-state index in [0.29, 0.717) is 18.2 Å². The Bertz CT molecular complexity index is 749. The monoisotopic (exact) mass is 328 g/mol. The molecule has 0 spiro atoms. The van der Waals surface area contributed by atoms with Crippen LogP contribution in [0.5, 0.6) is 0 Å². The fourth-order valence-electron chi connectivity index (χ4n) is 3.71. The van der Waals surface area contributed by atoms with Gasteiger partial charge in [-0.1, -0.05) is 0 Å². The predicted octanol–water partition coefficient (Wildman–Crippen LogP) is 1.78. The molecular weight excluding hydrogens is 304 g/mol. The first-order valence-corrected chi connectivity index (χ1v) is 8.86. The maximum atomic E-state index is 12.0. The molecular formula is C18H24N4O2. The summed E-state index contributed by atoms with van der Waals surface area (Å²) in [5.74, 6) is 1.05. The van der Waals surface area contributed by atoms with Gasteiger partial charge in [-0.15, -0.1) is 0 Å². The van der Waals surface area contributed by atoms with Crippen molar-refractivity contribution >= 4 is 16.9 Å². The van der Waals surface area contributed by atoms with E-state index in [1.165, 1.54) is 12.8 Å². The molecule has 0 bridgehead atoms. The fourth-order valence-corrected chi connectivity index (χ4v) is 3.71. The number of carbonyl (C=O) groups is 1. The highest BCUT2D eigenvalue weighted by atomic mass is 16.5. The molecule has 2 aliphatic heterocycles. The number of benzene rings is 1. The molecule has 1 aromatic carbocycles. The molecule has 6 heteroatoms. The summed E-state index contributed by atoms with van der Waals surface area (Å²) in [6, 6.07) is 5.81. The lowest BCUT2D eigenvalue weighted by molar-refractivity contribution is 0.0636. The van der Waals surface area contributed by atoms with E-state index in [-0.39, 0.29) is 5.91 Å². The Morgan fingerprint density at radius 2 is 2.33 bits per heavy atom. The average Bonchev–Trinajstić information content (AvgIpc) is 3.21. The van der Waals surface area contributed by atoms with Crippen LogP contribution >= 0.6 is 0 Å². The fraction of sp³-hybridized carbons (Fsp3) is 0.556. The third kappa shape index (κ3) is 2.91. The van der Waals surface area contributed by atoms with Gasteiger partial charge in [0.25, 0.3) is 5.91 Å². The van der Waals surface area contributed by atoms with Gasteiger partial charge in [-0.05, 0) is 38.0 Å². The van der Waals surface area contributed by atoms with E-state index in [1.54, 1.807) is 0 Å². The summed E-state index contributed by atoms with van der Waals surface area (Å²) in [7, 11) is 0. The highest BCUT2D eigenvalue weighted by Crippen LogP contribution is 2.23. The molecule has 6 nitrogen and oxygen atoms in total. The van der Waals surface area contributed by atoms with Crippen molar-refractivity contribution in [2.24, 2.45) is 0 Å². The largest absolute Gasteiger partial charge is 0.377 e. The lowest BCUT2D eigenvalue weighted by Gasteiger charge is -2.29. The second-order valence-electron chi connectivity index (χ2n) is 6.61. The summed E-state index contributed by atoms with van der Waals surface area (Å²) in [6.07, 6.45) is 2.73. The summed E-state index contributed by atoms with van der Waals surface area (Å²) in [6.45, 7) is 7.27. The molecule has 1 N–H and O–H groups in total. The highest BCUT2D eigenvalue weighted by molar-refractivity contribution is 5.97. The average molecular weight is 328 g/mol. The van der Waals surface area contributed by atoms with Gasteiger partial charge < -0.3 is 14.6 Å². The third-order valence-electron chi connectivity index (χ3n) is 4.92. The SMILES string of the molecule is CCNC(=O)c1ccc2c(c1)nc1n2CCN(CC2CCCO2)C1. The number of hydrogen-bond acceptors (Lipinski definition) is 4. The molecule has 4 rings (SSSR count). The van der Waals surface area contributed by atoms with E-state index < -0.39 is 0 Å². The number of nitrogens with one attached hydrogen (secondary N) is 1. The summed E-state index contributed by atoms with van der Waals surface area (Å²) in [5.41, 5.74) is 2.71. The van der Waals surface area contributed by atoms with Gasteiger partial charge in [0.2, 0.25) is 0 Å². The zero-order valence-electron chi connectivity index (χ0n) is 14.1. The smallest absolute Gasteiger partial charge is 0.251 e. The Labute approximate surface area is 141 Å². The van der Waals surface area contributed by atoms with Gasteiger partial charge in [-0.2, -0.15) is 0 Å². The molecule has 3 heterocycles. The number of amides is 1. The lowest BCUT2D eigenvalue weighted by Crippen LogP contribution is -2.38. The summed E-state index contributed by atoms with van der Waals surface area (Å²) in [5, 5.41) is 2.84. The van der Waals surface area contributed by atoms with Crippen LogP contribution in [-0.2, 0) is 17.8 Å². The molecule has 1 fully saturated rings. The number of imidazole rings is 1. The van der Waals surface area contributed by atoms with Crippen molar-refractivity contribution in [3.63, 3.8) is 0 Å². The Hall–Kier alpha value is -1.92. The Kier molecular flexibility index (Phi) is 4.24. The van der Waals surface area contributed by atoms with Gasteiger partial charge in [-0.25, -0.2) is 4.98 Å². The van der Waals surface area contributed by atoms with Gasteiger partial charge in [0.15, 0.2) is 0 Å². The summed E-state index contributed by atoms with van der Waals surface area (Å²) in [4.78, 5) is 19.2. The standard InChI is InChI=1S/C18H24N4O2/c1-2-19-18(23)13-5-6-16-15(10-13)20-17-12-21(7-8-22(16)17)11-14-4-3-9-24-14/h5-6,10,14H,2-4,7-9,11-12H2,1H3,(H,19,23). The molecule has 1 unspecified atom stereocenters. The van der Waals surface area contributed by atoms with E-state index in [1.807, 2.05) is 25.1 Å². The Morgan fingerprint density at radius 3 is 3.12 bits per heavy atom. The normalized spacial score (nSPS) is 21.1. The van der Waals surface area contributed by atoms with Crippen LogP contribution < -0.4 is 5.32 Å². The maximum absolute atomic E-state index is 12.0. The highest BCUT2D eigenvalue weighted by Gasteiger charge is 2.24. The van der Waals surface area contributed by atoms with Crippen LogP contribution in [0.15, 0.2) is 18.2 Å². The minimum Gasteiger partial charge on any atom is -0.377 e. The van der Waals surface area contributed by atoms with Gasteiger partial charge >= 0.3 is 0 Å². The van der Waals surface area contributed by atoms with Gasteiger partial charge in [-0.3, -0.25) is 9.69 Å². The van der Waals surface area contributed by atoms with Crippen molar-refractivity contribution in [2.45, 2.75) is 39.0 Å². The zero-order chi connectivity index (χ0) is 16.5. The van der Waals surface area contributed by atoms with Crippen LogP contribution in [-0.4, -0.2) is 52.7 Å². The van der Waals surface area contributed by atoms with Gasteiger partial charge in [0.05, 0.1) is 23.7 Å². The van der Waals surface area contributed by atoms with Crippen molar-refractivity contribution < 1.29 is 9.53 Å². The van der Waals surface area contributed by atoms with Crippen LogP contribution in [0.1, 0.15) is 35.9 Å². The van der Waals surface area contributed by atoms with E-state index >= 15 is 0 Å². The van der Waals surface area contributed by atoms with Crippen molar-refractivity contribution in [3.05, 3.63) is 29.6 Å². The number of fused-ring (bicyclic) bond motifs is 3. The number of aromatic nitrogens is 2. The first-order chi connectivity index (χ1) is 11.7. The van der Waals surface area contributed by atoms with Gasteiger partial charge in [0.1, 0.15) is 5.82 Å². The minimum absolute atomic E-state index is 0.0367. The number of ether oxygens (including phenoxy) is 1. The number of hydrogen-bond donors (Lipinski definition) is 1. The Balaban J connectivity index is 1.55. The quantitative estimate of drug-likeness (QED) is 0.929. The molecule has 1 amide bonds. The van der Waals surface area contributed by atoms with Crippen molar-refractivity contribution in [1.82, 2.24) is 19.8 Å². The van der Waals surface area contributed by atoms with E-state index in [9.17, 15) is 4.79 Å². The summed E-state index contributed by atoms with van der Waals surface area (Å²) < 4.78 is 8.03. The first-order valence-electron chi connectivity index (χ1n) is 8.86. The second-order valence-corrected chi connectivity index (χ2v) is 6.61. The maximum Gasteiger partial charge on any atom is 0.251 e. The van der Waals surface area contributed by atoms with Crippen LogP contribution in [0, 0.1) is 0 Å². The van der Waals surface area contributed by atoms with Crippen molar-refractivity contribution in [2.75, 3.05) is 26.2 Å². The molecule has 1 atom stereocenters. The molecule has 2 aromatic rings. The van der Waals surface area contributed by atoms with Crippen LogP contribution in [0.3, 0.4) is 0 Å². The molecule has 2 aliphatic rings. The first kappa shape index (κ1) is 15.6. The number of carbonyl (C=O) groups excluding carboxylic acids is 1. The molecule has 0 saturated carbocycles. The zero-order valence-corrected chi connectivity index (χ0v) is 14.1. The summed E-state index contributed by atoms with van der Waals surface area (Å²) >= 11 is 0. The van der Waals surface area contributed by atoms with Crippen LogP contribution in [0.2, 0.25) is 0 Å².